The standard InChI is InChI=1S/C20H22N4O5S/c1-13(2)19-14(3)22(4)23(20(19)25)16-8-10-18(11-9-16)30(28,29)21-15-6-5-7-17(12-15)24(26)27/h5-13,21H,1-4H3. The highest BCUT2D eigenvalue weighted by Crippen LogP contribution is 2.22. The van der Waals surface area contributed by atoms with Crippen LogP contribution in [0, 0.1) is 17.0 Å². The largest absolute Gasteiger partial charge is 0.285 e. The Hall–Kier alpha value is -3.40. The first-order valence-corrected chi connectivity index (χ1v) is 10.7. The summed E-state index contributed by atoms with van der Waals surface area (Å²) >= 11 is 0. The summed E-state index contributed by atoms with van der Waals surface area (Å²) in [5.74, 6) is 0.0590. The number of non-ortho nitro benzene ring substituents is 1. The van der Waals surface area contributed by atoms with Crippen LogP contribution in [-0.4, -0.2) is 22.7 Å². The molecule has 0 aliphatic heterocycles. The fourth-order valence-electron chi connectivity index (χ4n) is 3.35. The molecule has 0 bridgehead atoms. The van der Waals surface area contributed by atoms with Gasteiger partial charge in [-0.3, -0.25) is 24.3 Å². The predicted molar refractivity (Wildman–Crippen MR) is 114 cm³/mol. The molecule has 0 atom stereocenters. The van der Waals surface area contributed by atoms with Crippen LogP contribution in [0.5, 0.6) is 0 Å². The zero-order chi connectivity index (χ0) is 22.2. The van der Waals surface area contributed by atoms with E-state index in [0.29, 0.717) is 11.3 Å². The smallest absolute Gasteiger partial charge is 0.275 e. The third-order valence-corrected chi connectivity index (χ3v) is 6.27. The van der Waals surface area contributed by atoms with E-state index in [1.807, 2.05) is 20.8 Å². The summed E-state index contributed by atoms with van der Waals surface area (Å²) < 4.78 is 30.9. The maximum absolute atomic E-state index is 12.8. The molecule has 2 aromatic carbocycles. The number of nitro groups is 1. The molecule has 1 aromatic heterocycles. The summed E-state index contributed by atoms with van der Waals surface area (Å²) in [7, 11) is -2.18. The van der Waals surface area contributed by atoms with Crippen molar-refractivity contribution in [1.29, 1.82) is 0 Å². The number of hydrogen-bond acceptors (Lipinski definition) is 5. The molecule has 0 aliphatic carbocycles. The van der Waals surface area contributed by atoms with Crippen LogP contribution in [0.15, 0.2) is 58.2 Å². The normalized spacial score (nSPS) is 11.6. The van der Waals surface area contributed by atoms with Crippen molar-refractivity contribution in [3.8, 4) is 5.69 Å². The lowest BCUT2D eigenvalue weighted by atomic mass is 10.0. The van der Waals surface area contributed by atoms with Crippen molar-refractivity contribution in [2.75, 3.05) is 4.72 Å². The maximum atomic E-state index is 12.8. The minimum atomic E-state index is -3.96. The fourth-order valence-corrected chi connectivity index (χ4v) is 4.40. The number of nitrogens with one attached hydrogen (secondary N) is 1. The molecular weight excluding hydrogens is 408 g/mol. The molecule has 9 nitrogen and oxygen atoms in total. The van der Waals surface area contributed by atoms with Gasteiger partial charge in [0.15, 0.2) is 0 Å². The van der Waals surface area contributed by atoms with E-state index in [1.54, 1.807) is 23.9 Å². The summed E-state index contributed by atoms with van der Waals surface area (Å²) in [6.45, 7) is 5.77. The van der Waals surface area contributed by atoms with Crippen molar-refractivity contribution in [1.82, 2.24) is 9.36 Å². The van der Waals surface area contributed by atoms with Gasteiger partial charge in [0, 0.05) is 30.4 Å². The summed E-state index contributed by atoms with van der Waals surface area (Å²) in [5, 5.41) is 10.9. The minimum Gasteiger partial charge on any atom is -0.285 e. The molecule has 1 heterocycles. The molecule has 0 unspecified atom stereocenters. The quantitative estimate of drug-likeness (QED) is 0.476. The van der Waals surface area contributed by atoms with Gasteiger partial charge < -0.3 is 0 Å². The molecule has 0 fully saturated rings. The van der Waals surface area contributed by atoms with Crippen LogP contribution < -0.4 is 10.3 Å². The van der Waals surface area contributed by atoms with Crippen LogP contribution in [0.25, 0.3) is 5.69 Å². The molecule has 1 N–H and O–H groups in total. The molecule has 0 saturated carbocycles. The first-order valence-electron chi connectivity index (χ1n) is 9.19. The van der Waals surface area contributed by atoms with Crippen LogP contribution in [-0.2, 0) is 17.1 Å². The molecule has 0 saturated heterocycles. The predicted octanol–water partition coefficient (Wildman–Crippen LogP) is 3.32. The van der Waals surface area contributed by atoms with Gasteiger partial charge in [0.05, 0.1) is 21.2 Å². The van der Waals surface area contributed by atoms with Crippen molar-refractivity contribution < 1.29 is 13.3 Å². The summed E-state index contributed by atoms with van der Waals surface area (Å²) in [6.07, 6.45) is 0. The molecule has 3 aromatic rings. The van der Waals surface area contributed by atoms with Crippen LogP contribution in [0.1, 0.15) is 31.0 Å². The lowest BCUT2D eigenvalue weighted by molar-refractivity contribution is -0.384. The second-order valence-corrected chi connectivity index (χ2v) is 8.88. The third-order valence-electron chi connectivity index (χ3n) is 4.88. The van der Waals surface area contributed by atoms with E-state index in [0.717, 1.165) is 11.8 Å². The molecule has 0 radical (unpaired) electrons. The molecule has 0 amide bonds. The van der Waals surface area contributed by atoms with E-state index >= 15 is 0 Å². The second-order valence-electron chi connectivity index (χ2n) is 7.20. The van der Waals surface area contributed by atoms with E-state index in [-0.39, 0.29) is 27.7 Å². The van der Waals surface area contributed by atoms with Gasteiger partial charge in [-0.15, -0.1) is 0 Å². The Morgan fingerprint density at radius 2 is 1.73 bits per heavy atom. The van der Waals surface area contributed by atoms with Gasteiger partial charge in [-0.1, -0.05) is 19.9 Å². The average Bonchev–Trinajstić information content (AvgIpc) is 2.90. The van der Waals surface area contributed by atoms with Crippen molar-refractivity contribution >= 4 is 21.4 Å². The van der Waals surface area contributed by atoms with Crippen LogP contribution >= 0.6 is 0 Å². The SMILES string of the molecule is Cc1c(C(C)C)c(=O)n(-c2ccc(S(=O)(=O)Nc3cccc([N+](=O)[O-])c3)cc2)n1C. The number of hydrogen-bond donors (Lipinski definition) is 1. The van der Waals surface area contributed by atoms with Gasteiger partial charge in [-0.2, -0.15) is 0 Å². The Morgan fingerprint density at radius 3 is 2.27 bits per heavy atom. The number of benzene rings is 2. The Bertz CT molecular complexity index is 1270. The van der Waals surface area contributed by atoms with Gasteiger partial charge in [0.1, 0.15) is 0 Å². The maximum Gasteiger partial charge on any atom is 0.275 e. The van der Waals surface area contributed by atoms with Crippen molar-refractivity contribution in [2.45, 2.75) is 31.6 Å². The Kier molecular flexibility index (Phi) is 5.53. The molecule has 0 spiro atoms. The average molecular weight is 430 g/mol. The number of anilines is 1. The molecule has 3 rings (SSSR count). The second kappa shape index (κ2) is 7.79. The van der Waals surface area contributed by atoms with Gasteiger partial charge in [0.25, 0.3) is 21.3 Å². The number of aromatic nitrogens is 2. The van der Waals surface area contributed by atoms with E-state index in [1.165, 1.54) is 35.0 Å². The number of nitrogens with zero attached hydrogens (tertiary/aromatic N) is 3. The highest BCUT2D eigenvalue weighted by Gasteiger charge is 2.20. The van der Waals surface area contributed by atoms with E-state index in [2.05, 4.69) is 4.72 Å². The number of nitro benzene ring substituents is 1. The van der Waals surface area contributed by atoms with E-state index in [4.69, 9.17) is 0 Å². The molecular formula is C20H22N4O5S. The zero-order valence-electron chi connectivity index (χ0n) is 17.0. The molecule has 30 heavy (non-hydrogen) atoms. The van der Waals surface area contributed by atoms with Gasteiger partial charge in [-0.05, 0) is 43.2 Å². The van der Waals surface area contributed by atoms with E-state index < -0.39 is 14.9 Å². The summed E-state index contributed by atoms with van der Waals surface area (Å²) in [4.78, 5) is 23.1. The van der Waals surface area contributed by atoms with Gasteiger partial charge in [-0.25, -0.2) is 13.1 Å². The summed E-state index contributed by atoms with van der Waals surface area (Å²) in [5.41, 5.74) is 1.82. The number of sulfonamides is 1. The van der Waals surface area contributed by atoms with Crippen molar-refractivity contribution in [2.24, 2.45) is 7.05 Å². The summed E-state index contributed by atoms with van der Waals surface area (Å²) in [6, 6.07) is 11.1. The first-order chi connectivity index (χ1) is 14.0. The van der Waals surface area contributed by atoms with E-state index in [9.17, 15) is 23.3 Å². The lowest BCUT2D eigenvalue weighted by Gasteiger charge is -2.11. The monoisotopic (exact) mass is 430 g/mol. The molecule has 0 aliphatic rings. The highest BCUT2D eigenvalue weighted by molar-refractivity contribution is 7.92. The van der Waals surface area contributed by atoms with Crippen LogP contribution in [0.4, 0.5) is 11.4 Å². The highest BCUT2D eigenvalue weighted by atomic mass is 32.2. The topological polar surface area (TPSA) is 116 Å². The molecule has 10 heteroatoms. The zero-order valence-corrected chi connectivity index (χ0v) is 17.8. The number of rotatable bonds is 6. The van der Waals surface area contributed by atoms with Crippen LogP contribution in [0.2, 0.25) is 0 Å². The lowest BCUT2D eigenvalue weighted by Crippen LogP contribution is -2.21. The minimum absolute atomic E-state index is 0.0270. The Balaban J connectivity index is 1.94. The first kappa shape index (κ1) is 21.3. The van der Waals surface area contributed by atoms with Gasteiger partial charge in [0.2, 0.25) is 0 Å². The van der Waals surface area contributed by atoms with Crippen LogP contribution in [0.3, 0.4) is 0 Å². The third kappa shape index (κ3) is 3.86. The van der Waals surface area contributed by atoms with Crippen molar-refractivity contribution in [3.63, 3.8) is 0 Å². The fraction of sp³-hybridized carbons (Fsp3) is 0.250. The Morgan fingerprint density at radius 1 is 1.10 bits per heavy atom. The van der Waals surface area contributed by atoms with Crippen molar-refractivity contribution in [3.05, 3.63) is 80.3 Å². The Labute approximate surface area is 173 Å². The van der Waals surface area contributed by atoms with Gasteiger partial charge >= 0.3 is 0 Å². The molecule has 158 valence electrons.